The summed E-state index contributed by atoms with van der Waals surface area (Å²) in [5, 5.41) is 0. The standard InChI is InChI=1S/C14H29OSi/c1-4-5-7-12-14(15-16(2)3)13-10-8-6-9-11-13/h13-14H,4-12H2,1-3H3. The molecule has 0 aromatic carbocycles. The molecule has 16 heavy (non-hydrogen) atoms. The lowest BCUT2D eigenvalue weighted by atomic mass is 9.83. The molecule has 1 saturated carbocycles. The van der Waals surface area contributed by atoms with E-state index >= 15 is 0 Å². The molecule has 0 aromatic rings. The average molecular weight is 241 g/mol. The maximum absolute atomic E-state index is 6.24. The summed E-state index contributed by atoms with van der Waals surface area (Å²) in [6.07, 6.45) is 13.2. The van der Waals surface area contributed by atoms with E-state index in [2.05, 4.69) is 20.0 Å². The number of hydrogen-bond donors (Lipinski definition) is 0. The zero-order valence-electron chi connectivity index (χ0n) is 11.4. The summed E-state index contributed by atoms with van der Waals surface area (Å²) in [7, 11) is -0.518. The van der Waals surface area contributed by atoms with Gasteiger partial charge >= 0.3 is 0 Å². The molecule has 1 radical (unpaired) electrons. The van der Waals surface area contributed by atoms with E-state index in [1.54, 1.807) is 0 Å². The first-order valence-corrected chi connectivity index (χ1v) is 9.61. The first-order valence-electron chi connectivity index (χ1n) is 7.21. The zero-order chi connectivity index (χ0) is 11.8. The van der Waals surface area contributed by atoms with Gasteiger partial charge in [-0.05, 0) is 38.3 Å². The SMILES string of the molecule is CCCCCC(O[Si](C)C)C1CCCCC1. The maximum Gasteiger partial charge on any atom is 0.205 e. The Morgan fingerprint density at radius 2 is 1.81 bits per heavy atom. The van der Waals surface area contributed by atoms with Crippen LogP contribution in [-0.2, 0) is 4.43 Å². The van der Waals surface area contributed by atoms with Crippen molar-refractivity contribution in [2.45, 2.75) is 83.9 Å². The molecule has 0 aromatic heterocycles. The predicted molar refractivity (Wildman–Crippen MR) is 73.1 cm³/mol. The zero-order valence-corrected chi connectivity index (χ0v) is 12.4. The van der Waals surface area contributed by atoms with Gasteiger partial charge in [-0.1, -0.05) is 45.4 Å². The van der Waals surface area contributed by atoms with Crippen LogP contribution in [0.25, 0.3) is 0 Å². The minimum atomic E-state index is -0.518. The Balaban J connectivity index is 2.34. The first kappa shape index (κ1) is 14.2. The van der Waals surface area contributed by atoms with Crippen molar-refractivity contribution in [2.24, 2.45) is 5.92 Å². The average Bonchev–Trinajstić information content (AvgIpc) is 2.29. The molecule has 1 rings (SSSR count). The lowest BCUT2D eigenvalue weighted by molar-refractivity contribution is 0.0971. The van der Waals surface area contributed by atoms with Crippen LogP contribution < -0.4 is 0 Å². The van der Waals surface area contributed by atoms with Gasteiger partial charge in [-0.25, -0.2) is 0 Å². The van der Waals surface area contributed by atoms with Crippen LogP contribution in [0.15, 0.2) is 0 Å². The van der Waals surface area contributed by atoms with Crippen molar-refractivity contribution in [3.63, 3.8) is 0 Å². The van der Waals surface area contributed by atoms with E-state index in [9.17, 15) is 0 Å². The van der Waals surface area contributed by atoms with Crippen LogP contribution in [0.3, 0.4) is 0 Å². The largest absolute Gasteiger partial charge is 0.414 e. The van der Waals surface area contributed by atoms with Gasteiger partial charge in [0.05, 0.1) is 0 Å². The van der Waals surface area contributed by atoms with Crippen LogP contribution in [0.2, 0.25) is 13.1 Å². The summed E-state index contributed by atoms with van der Waals surface area (Å²) in [5.74, 6) is 0.880. The van der Waals surface area contributed by atoms with Gasteiger partial charge in [0.25, 0.3) is 0 Å². The van der Waals surface area contributed by atoms with Gasteiger partial charge in [0.1, 0.15) is 0 Å². The minimum absolute atomic E-state index is 0.518. The fourth-order valence-electron chi connectivity index (χ4n) is 2.80. The molecule has 0 N–H and O–H groups in total. The molecule has 95 valence electrons. The minimum Gasteiger partial charge on any atom is -0.414 e. The summed E-state index contributed by atoms with van der Waals surface area (Å²) in [6.45, 7) is 6.84. The van der Waals surface area contributed by atoms with Gasteiger partial charge in [-0.3, -0.25) is 0 Å². The molecule has 1 aliphatic rings. The fraction of sp³-hybridized carbons (Fsp3) is 1.00. The van der Waals surface area contributed by atoms with E-state index in [1.807, 2.05) is 0 Å². The molecule has 0 spiro atoms. The lowest BCUT2D eigenvalue weighted by Crippen LogP contribution is -2.30. The van der Waals surface area contributed by atoms with E-state index in [4.69, 9.17) is 4.43 Å². The van der Waals surface area contributed by atoms with Crippen molar-refractivity contribution in [3.8, 4) is 0 Å². The van der Waals surface area contributed by atoms with Gasteiger partial charge in [0.2, 0.25) is 9.04 Å². The third-order valence-electron chi connectivity index (χ3n) is 3.65. The molecule has 0 heterocycles. The molecule has 0 aliphatic heterocycles. The van der Waals surface area contributed by atoms with Crippen molar-refractivity contribution in [2.75, 3.05) is 0 Å². The molecule has 0 bridgehead atoms. The van der Waals surface area contributed by atoms with Gasteiger partial charge in [-0.15, -0.1) is 0 Å². The Kier molecular flexibility index (Phi) is 7.38. The second-order valence-electron chi connectivity index (χ2n) is 5.46. The van der Waals surface area contributed by atoms with E-state index in [0.717, 1.165) is 5.92 Å². The summed E-state index contributed by atoms with van der Waals surface area (Å²) >= 11 is 0. The third-order valence-corrected chi connectivity index (χ3v) is 4.43. The molecule has 1 fully saturated rings. The van der Waals surface area contributed by atoms with Crippen LogP contribution in [-0.4, -0.2) is 15.1 Å². The van der Waals surface area contributed by atoms with Crippen LogP contribution in [0.4, 0.5) is 0 Å². The molecular formula is C14H29OSi. The fourth-order valence-corrected chi connectivity index (χ4v) is 3.71. The molecule has 1 atom stereocenters. The summed E-state index contributed by atoms with van der Waals surface area (Å²) < 4.78 is 6.24. The van der Waals surface area contributed by atoms with E-state index < -0.39 is 9.04 Å². The summed E-state index contributed by atoms with van der Waals surface area (Å²) in [5.41, 5.74) is 0. The van der Waals surface area contributed by atoms with Crippen LogP contribution >= 0.6 is 0 Å². The molecule has 1 unspecified atom stereocenters. The molecule has 0 saturated heterocycles. The Bertz CT molecular complexity index is 164. The summed E-state index contributed by atoms with van der Waals surface area (Å²) in [6, 6.07) is 0. The van der Waals surface area contributed by atoms with Crippen molar-refractivity contribution >= 4 is 9.04 Å². The van der Waals surface area contributed by atoms with Crippen LogP contribution in [0, 0.1) is 5.92 Å². The van der Waals surface area contributed by atoms with E-state index in [1.165, 1.54) is 57.8 Å². The van der Waals surface area contributed by atoms with Gasteiger partial charge in [0.15, 0.2) is 0 Å². The topological polar surface area (TPSA) is 9.23 Å². The smallest absolute Gasteiger partial charge is 0.205 e. The van der Waals surface area contributed by atoms with Crippen LogP contribution in [0.1, 0.15) is 64.7 Å². The van der Waals surface area contributed by atoms with Gasteiger partial charge < -0.3 is 4.43 Å². The predicted octanol–water partition coefficient (Wildman–Crippen LogP) is 4.78. The molecule has 0 amide bonds. The Morgan fingerprint density at radius 1 is 1.12 bits per heavy atom. The highest BCUT2D eigenvalue weighted by Crippen LogP contribution is 2.30. The summed E-state index contributed by atoms with van der Waals surface area (Å²) in [4.78, 5) is 0. The first-order chi connectivity index (χ1) is 7.74. The molecule has 1 nitrogen and oxygen atoms in total. The monoisotopic (exact) mass is 241 g/mol. The Labute approximate surface area is 104 Å². The maximum atomic E-state index is 6.24. The van der Waals surface area contributed by atoms with Crippen molar-refractivity contribution in [1.29, 1.82) is 0 Å². The van der Waals surface area contributed by atoms with Gasteiger partial charge in [-0.2, -0.15) is 0 Å². The normalized spacial score (nSPS) is 20.2. The number of rotatable bonds is 7. The lowest BCUT2D eigenvalue weighted by Gasteiger charge is -2.31. The number of hydrogen-bond acceptors (Lipinski definition) is 1. The van der Waals surface area contributed by atoms with Gasteiger partial charge in [0, 0.05) is 6.10 Å². The van der Waals surface area contributed by atoms with Crippen LogP contribution in [0.5, 0.6) is 0 Å². The second-order valence-corrected chi connectivity index (χ2v) is 7.51. The Morgan fingerprint density at radius 3 is 2.38 bits per heavy atom. The van der Waals surface area contributed by atoms with Crippen molar-refractivity contribution in [1.82, 2.24) is 0 Å². The highest BCUT2D eigenvalue weighted by atomic mass is 28.3. The van der Waals surface area contributed by atoms with E-state index in [-0.39, 0.29) is 0 Å². The van der Waals surface area contributed by atoms with Crippen molar-refractivity contribution < 1.29 is 4.43 Å². The van der Waals surface area contributed by atoms with E-state index in [0.29, 0.717) is 6.10 Å². The Hall–Kier alpha value is 0.177. The highest BCUT2D eigenvalue weighted by Gasteiger charge is 2.24. The second kappa shape index (κ2) is 8.29. The quantitative estimate of drug-likeness (QED) is 0.460. The number of unbranched alkanes of at least 4 members (excludes halogenated alkanes) is 2. The van der Waals surface area contributed by atoms with Crippen molar-refractivity contribution in [3.05, 3.63) is 0 Å². The third kappa shape index (κ3) is 5.49. The molecule has 1 aliphatic carbocycles. The highest BCUT2D eigenvalue weighted by molar-refractivity contribution is 6.48. The molecule has 2 heteroatoms. The molecular weight excluding hydrogens is 212 g/mol.